The molecule has 2 N–H and O–H groups in total. The molecule has 1 aromatic heterocycles. The van der Waals surface area contributed by atoms with E-state index in [0.717, 1.165) is 0 Å². The largest absolute Gasteiger partial charge is 0.469 e. The number of nitrogens with one attached hydrogen (secondary N) is 1. The van der Waals surface area contributed by atoms with Crippen molar-refractivity contribution in [2.75, 3.05) is 26.4 Å². The molecule has 1 amide bonds. The number of aryl methyl sites for hydroxylation is 1. The maximum atomic E-state index is 11.5. The molecule has 0 aliphatic rings. The molecule has 5 heteroatoms. The first-order valence-corrected chi connectivity index (χ1v) is 4.76. The van der Waals surface area contributed by atoms with Crippen molar-refractivity contribution < 1.29 is 19.1 Å². The topological polar surface area (TPSA) is 71.7 Å². The van der Waals surface area contributed by atoms with Crippen LogP contribution in [0.1, 0.15) is 16.1 Å². The highest BCUT2D eigenvalue weighted by Crippen LogP contribution is 2.07. The predicted octanol–water partition coefficient (Wildman–Crippen LogP) is 0.327. The van der Waals surface area contributed by atoms with E-state index in [4.69, 9.17) is 14.3 Å². The molecule has 0 bridgehead atoms. The minimum Gasteiger partial charge on any atom is -0.469 e. The number of amides is 1. The van der Waals surface area contributed by atoms with Crippen molar-refractivity contribution in [3.8, 4) is 0 Å². The number of rotatable bonds is 6. The highest BCUT2D eigenvalue weighted by Gasteiger charge is 2.09. The number of hydrogen-bond acceptors (Lipinski definition) is 4. The summed E-state index contributed by atoms with van der Waals surface area (Å²) in [6, 6.07) is 1.62. The van der Waals surface area contributed by atoms with Gasteiger partial charge < -0.3 is 19.6 Å². The Morgan fingerprint density at radius 3 is 3.00 bits per heavy atom. The molecule has 84 valence electrons. The van der Waals surface area contributed by atoms with Crippen molar-refractivity contribution in [1.29, 1.82) is 0 Å². The van der Waals surface area contributed by atoms with Crippen LogP contribution in [-0.4, -0.2) is 37.4 Å². The summed E-state index contributed by atoms with van der Waals surface area (Å²) in [7, 11) is 0. The first-order valence-electron chi connectivity index (χ1n) is 4.76. The standard InChI is InChI=1S/C10H15NO4/c1-8-9(2-5-15-8)10(13)11-3-6-14-7-4-12/h2,5,12H,3-4,6-7H2,1H3,(H,11,13). The normalized spacial score (nSPS) is 10.3. The van der Waals surface area contributed by atoms with Gasteiger partial charge in [0, 0.05) is 6.54 Å². The molecule has 0 atom stereocenters. The molecule has 0 radical (unpaired) electrons. The Balaban J connectivity index is 2.22. The van der Waals surface area contributed by atoms with Gasteiger partial charge in [-0.1, -0.05) is 0 Å². The molecule has 0 saturated heterocycles. The molecule has 5 nitrogen and oxygen atoms in total. The summed E-state index contributed by atoms with van der Waals surface area (Å²) in [6.07, 6.45) is 1.48. The van der Waals surface area contributed by atoms with Gasteiger partial charge in [0.2, 0.25) is 0 Å². The lowest BCUT2D eigenvalue weighted by atomic mass is 10.2. The average Bonchev–Trinajstić information content (AvgIpc) is 2.64. The van der Waals surface area contributed by atoms with Gasteiger partial charge in [0.15, 0.2) is 0 Å². The Hall–Kier alpha value is -1.33. The van der Waals surface area contributed by atoms with Crippen LogP contribution in [0, 0.1) is 6.92 Å². The Morgan fingerprint density at radius 1 is 1.60 bits per heavy atom. The zero-order valence-corrected chi connectivity index (χ0v) is 8.66. The van der Waals surface area contributed by atoms with Gasteiger partial charge in [0.1, 0.15) is 5.76 Å². The molecule has 1 heterocycles. The van der Waals surface area contributed by atoms with Crippen LogP contribution in [0.5, 0.6) is 0 Å². The first-order chi connectivity index (χ1) is 7.25. The van der Waals surface area contributed by atoms with E-state index in [1.54, 1.807) is 13.0 Å². The summed E-state index contributed by atoms with van der Waals surface area (Å²) < 4.78 is 10.00. The van der Waals surface area contributed by atoms with Crippen molar-refractivity contribution in [2.45, 2.75) is 6.92 Å². The van der Waals surface area contributed by atoms with Crippen molar-refractivity contribution in [3.05, 3.63) is 23.7 Å². The minimum absolute atomic E-state index is 0.00517. The Labute approximate surface area is 88.0 Å². The van der Waals surface area contributed by atoms with Gasteiger partial charge in [-0.2, -0.15) is 0 Å². The van der Waals surface area contributed by atoms with Crippen LogP contribution in [0.3, 0.4) is 0 Å². The number of carbonyl (C=O) groups excluding carboxylic acids is 1. The molecule has 0 fully saturated rings. The maximum Gasteiger partial charge on any atom is 0.254 e. The van der Waals surface area contributed by atoms with Crippen molar-refractivity contribution >= 4 is 5.91 Å². The molecule has 0 aliphatic heterocycles. The summed E-state index contributed by atoms with van der Waals surface area (Å²) in [6.45, 7) is 2.83. The molecule has 0 saturated carbocycles. The highest BCUT2D eigenvalue weighted by atomic mass is 16.5. The van der Waals surface area contributed by atoms with Gasteiger partial charge in [-0.3, -0.25) is 4.79 Å². The number of carbonyl (C=O) groups is 1. The maximum absolute atomic E-state index is 11.5. The van der Waals surface area contributed by atoms with Crippen LogP contribution in [0.2, 0.25) is 0 Å². The van der Waals surface area contributed by atoms with Crippen molar-refractivity contribution in [1.82, 2.24) is 5.32 Å². The third kappa shape index (κ3) is 3.73. The van der Waals surface area contributed by atoms with Crippen LogP contribution in [0.15, 0.2) is 16.7 Å². The summed E-state index contributed by atoms with van der Waals surface area (Å²) in [5.74, 6) is 0.428. The van der Waals surface area contributed by atoms with Crippen LogP contribution in [-0.2, 0) is 4.74 Å². The molecule has 1 aromatic rings. The molecular formula is C10H15NO4. The summed E-state index contributed by atoms with van der Waals surface area (Å²) in [5.41, 5.74) is 0.539. The highest BCUT2D eigenvalue weighted by molar-refractivity contribution is 5.94. The Kier molecular flexibility index (Phi) is 4.86. The molecule has 1 rings (SSSR count). The van der Waals surface area contributed by atoms with Crippen molar-refractivity contribution in [2.24, 2.45) is 0 Å². The van der Waals surface area contributed by atoms with Gasteiger partial charge in [-0.25, -0.2) is 0 Å². The van der Waals surface area contributed by atoms with Crippen LogP contribution < -0.4 is 5.32 Å². The number of aliphatic hydroxyl groups is 1. The second-order valence-electron chi connectivity index (χ2n) is 2.98. The van der Waals surface area contributed by atoms with Gasteiger partial charge in [-0.05, 0) is 13.0 Å². The fourth-order valence-electron chi connectivity index (χ4n) is 1.12. The van der Waals surface area contributed by atoms with Gasteiger partial charge in [0.25, 0.3) is 5.91 Å². The summed E-state index contributed by atoms with van der Waals surface area (Å²) in [4.78, 5) is 11.5. The van der Waals surface area contributed by atoms with E-state index in [-0.39, 0.29) is 12.5 Å². The van der Waals surface area contributed by atoms with E-state index < -0.39 is 0 Å². The lowest BCUT2D eigenvalue weighted by molar-refractivity contribution is 0.0837. The van der Waals surface area contributed by atoms with Gasteiger partial charge in [0.05, 0.1) is 31.6 Å². The second-order valence-corrected chi connectivity index (χ2v) is 2.98. The number of hydrogen-bond donors (Lipinski definition) is 2. The molecule has 0 spiro atoms. The third-order valence-electron chi connectivity index (χ3n) is 1.87. The monoisotopic (exact) mass is 213 g/mol. The van der Waals surface area contributed by atoms with E-state index in [2.05, 4.69) is 5.32 Å². The second kappa shape index (κ2) is 6.21. The fraction of sp³-hybridized carbons (Fsp3) is 0.500. The molecule has 0 unspecified atom stereocenters. The predicted molar refractivity (Wildman–Crippen MR) is 53.7 cm³/mol. The zero-order valence-electron chi connectivity index (χ0n) is 8.66. The fourth-order valence-corrected chi connectivity index (χ4v) is 1.12. The SMILES string of the molecule is Cc1occc1C(=O)NCCOCCO. The lowest BCUT2D eigenvalue weighted by Gasteiger charge is -2.04. The van der Waals surface area contributed by atoms with E-state index in [1.165, 1.54) is 6.26 Å². The summed E-state index contributed by atoms with van der Waals surface area (Å²) in [5, 5.41) is 11.1. The quantitative estimate of drug-likeness (QED) is 0.668. The molecule has 0 aromatic carbocycles. The third-order valence-corrected chi connectivity index (χ3v) is 1.87. The van der Waals surface area contributed by atoms with Crippen LogP contribution >= 0.6 is 0 Å². The zero-order chi connectivity index (χ0) is 11.1. The van der Waals surface area contributed by atoms with Crippen LogP contribution in [0.25, 0.3) is 0 Å². The molecular weight excluding hydrogens is 198 g/mol. The smallest absolute Gasteiger partial charge is 0.254 e. The van der Waals surface area contributed by atoms with Crippen LogP contribution in [0.4, 0.5) is 0 Å². The number of aliphatic hydroxyl groups excluding tert-OH is 1. The minimum atomic E-state index is -0.172. The van der Waals surface area contributed by atoms with E-state index >= 15 is 0 Å². The first kappa shape index (κ1) is 11.7. The molecule has 15 heavy (non-hydrogen) atoms. The van der Waals surface area contributed by atoms with E-state index in [1.807, 2.05) is 0 Å². The lowest BCUT2D eigenvalue weighted by Crippen LogP contribution is -2.27. The van der Waals surface area contributed by atoms with E-state index in [0.29, 0.717) is 31.1 Å². The average molecular weight is 213 g/mol. The Morgan fingerprint density at radius 2 is 2.40 bits per heavy atom. The van der Waals surface area contributed by atoms with Crippen molar-refractivity contribution in [3.63, 3.8) is 0 Å². The Bertz CT molecular complexity index is 308. The molecule has 0 aliphatic carbocycles. The van der Waals surface area contributed by atoms with Gasteiger partial charge >= 0.3 is 0 Å². The van der Waals surface area contributed by atoms with E-state index in [9.17, 15) is 4.79 Å². The summed E-state index contributed by atoms with van der Waals surface area (Å²) >= 11 is 0. The number of furan rings is 1. The van der Waals surface area contributed by atoms with Gasteiger partial charge in [-0.15, -0.1) is 0 Å². The number of ether oxygens (including phenoxy) is 1.